The first-order chi connectivity index (χ1) is 18.1. The van der Waals surface area contributed by atoms with Crippen LogP contribution in [0.2, 0.25) is 0 Å². The molecule has 1 heterocycles. The number of ether oxygens (including phenoxy) is 1. The fourth-order valence-electron chi connectivity index (χ4n) is 3.42. The first-order valence-electron chi connectivity index (χ1n) is 10.9. The fourth-order valence-corrected chi connectivity index (χ4v) is 4.63. The second kappa shape index (κ2) is 11.8. The van der Waals surface area contributed by atoms with E-state index >= 15 is 0 Å². The maximum atomic E-state index is 14.9. The Morgan fingerprint density at radius 3 is 2.28 bits per heavy atom. The Morgan fingerprint density at radius 1 is 1.03 bits per heavy atom. The minimum atomic E-state index is -5.04. The fraction of sp³-hybridized carbons (Fsp3) is 0.318. The van der Waals surface area contributed by atoms with Gasteiger partial charge in [0.2, 0.25) is 0 Å². The molecule has 0 saturated carbocycles. The molecule has 0 spiro atoms. The Bertz CT molecular complexity index is 1340. The van der Waals surface area contributed by atoms with E-state index < -0.39 is 58.6 Å². The zero-order valence-electron chi connectivity index (χ0n) is 19.7. The highest BCUT2D eigenvalue weighted by Crippen LogP contribution is 2.29. The summed E-state index contributed by atoms with van der Waals surface area (Å²) < 4.78 is 105. The van der Waals surface area contributed by atoms with Crippen LogP contribution in [0.5, 0.6) is 5.75 Å². The molecule has 3 rings (SSSR count). The van der Waals surface area contributed by atoms with Gasteiger partial charge in [-0.1, -0.05) is 12.1 Å². The molecule has 4 amide bonds. The number of hydrazine groups is 1. The molecule has 0 radical (unpaired) electrons. The van der Waals surface area contributed by atoms with Gasteiger partial charge in [0.05, 0.1) is 18.1 Å². The van der Waals surface area contributed by atoms with Gasteiger partial charge in [0.1, 0.15) is 11.6 Å². The number of hydrogen-bond acceptors (Lipinski definition) is 6. The molecule has 0 atom stereocenters. The van der Waals surface area contributed by atoms with E-state index in [9.17, 15) is 49.1 Å². The third kappa shape index (κ3) is 8.23. The number of rotatable bonds is 6. The Labute approximate surface area is 217 Å². The molecule has 2 aromatic carbocycles. The van der Waals surface area contributed by atoms with Crippen LogP contribution in [0.4, 0.5) is 36.8 Å². The van der Waals surface area contributed by atoms with Gasteiger partial charge in [0, 0.05) is 36.0 Å². The van der Waals surface area contributed by atoms with Gasteiger partial charge < -0.3 is 9.64 Å². The minimum Gasteiger partial charge on any atom is -0.406 e. The van der Waals surface area contributed by atoms with Gasteiger partial charge in [-0.2, -0.15) is 8.78 Å². The number of benzene rings is 2. The van der Waals surface area contributed by atoms with Crippen molar-refractivity contribution in [3.05, 3.63) is 59.4 Å². The van der Waals surface area contributed by atoms with E-state index in [1.165, 1.54) is 11.5 Å². The quantitative estimate of drug-likeness (QED) is 0.399. The van der Waals surface area contributed by atoms with Gasteiger partial charge in [-0.3, -0.25) is 25.3 Å². The maximum Gasteiger partial charge on any atom is 0.573 e. The number of anilines is 1. The third-order valence-electron chi connectivity index (χ3n) is 5.35. The van der Waals surface area contributed by atoms with Gasteiger partial charge in [0.15, 0.2) is 9.84 Å². The molecule has 0 unspecified atom stereocenters. The number of nitrogens with zero attached hydrogens (tertiary/aromatic N) is 2. The van der Waals surface area contributed by atoms with E-state index in [1.807, 2.05) is 0 Å². The predicted octanol–water partition coefficient (Wildman–Crippen LogP) is 2.61. The van der Waals surface area contributed by atoms with Crippen LogP contribution in [0.15, 0.2) is 42.5 Å². The van der Waals surface area contributed by atoms with Crippen LogP contribution in [0.3, 0.4) is 0 Å². The van der Waals surface area contributed by atoms with Crippen LogP contribution in [-0.4, -0.2) is 68.5 Å². The Kier molecular flexibility index (Phi) is 8.93. The number of carbonyl (C=O) groups excluding carboxylic acids is 3. The molecule has 39 heavy (non-hydrogen) atoms. The molecule has 2 N–H and O–H groups in total. The minimum absolute atomic E-state index is 0.133. The molecule has 17 heteroatoms. The molecule has 0 aromatic heterocycles. The molecule has 212 valence electrons. The van der Waals surface area contributed by atoms with Crippen molar-refractivity contribution < 1.29 is 53.9 Å². The van der Waals surface area contributed by atoms with E-state index in [1.54, 1.807) is 5.43 Å². The molecule has 2 aromatic rings. The van der Waals surface area contributed by atoms with Gasteiger partial charge in [0.25, 0.3) is 5.91 Å². The summed E-state index contributed by atoms with van der Waals surface area (Å²) in [5, 5.41) is 0. The van der Waals surface area contributed by atoms with Crippen molar-refractivity contribution in [2.75, 3.05) is 29.5 Å². The largest absolute Gasteiger partial charge is 0.573 e. The summed E-state index contributed by atoms with van der Waals surface area (Å²) in [7, 11) is -3.38. The van der Waals surface area contributed by atoms with Gasteiger partial charge >= 0.3 is 24.7 Å². The van der Waals surface area contributed by atoms with Gasteiger partial charge in [-0.25, -0.2) is 17.6 Å². The van der Waals surface area contributed by atoms with Crippen molar-refractivity contribution in [3.63, 3.8) is 0 Å². The molecule has 0 bridgehead atoms. The normalized spacial score (nSPS) is 15.0. The average Bonchev–Trinajstić information content (AvgIpc) is 2.85. The average molecular weight is 582 g/mol. The zero-order chi connectivity index (χ0) is 29.0. The summed E-state index contributed by atoms with van der Waals surface area (Å²) in [5.41, 5.74) is 2.40. The second-order valence-corrected chi connectivity index (χ2v) is 10.4. The highest BCUT2D eigenvalue weighted by Gasteiger charge is 2.33. The summed E-state index contributed by atoms with van der Waals surface area (Å²) in [6.07, 6.45) is -8.45. The lowest BCUT2D eigenvalue weighted by atomic mass is 10.1. The molecule has 0 aliphatic carbocycles. The van der Waals surface area contributed by atoms with E-state index in [0.717, 1.165) is 40.1 Å². The van der Waals surface area contributed by atoms with Crippen LogP contribution in [0, 0.1) is 5.82 Å². The van der Waals surface area contributed by atoms with Gasteiger partial charge in [-0.15, -0.1) is 13.2 Å². The van der Waals surface area contributed by atoms with Crippen molar-refractivity contribution >= 4 is 33.4 Å². The molecule has 1 saturated heterocycles. The van der Waals surface area contributed by atoms with Crippen LogP contribution in [-0.2, 0) is 21.2 Å². The molecule has 1 fully saturated rings. The van der Waals surface area contributed by atoms with Crippen LogP contribution in [0.1, 0.15) is 15.9 Å². The predicted molar refractivity (Wildman–Crippen MR) is 123 cm³/mol. The number of hydrogen-bond donors (Lipinski definition) is 2. The molecule has 1 aliphatic rings. The Balaban J connectivity index is 1.88. The van der Waals surface area contributed by atoms with Crippen LogP contribution < -0.4 is 20.5 Å². The van der Waals surface area contributed by atoms with E-state index in [2.05, 4.69) is 4.74 Å². The highest BCUT2D eigenvalue weighted by atomic mass is 32.2. The lowest BCUT2D eigenvalue weighted by Gasteiger charge is -2.33. The summed E-state index contributed by atoms with van der Waals surface area (Å²) in [6, 6.07) is 6.27. The number of amides is 4. The summed E-state index contributed by atoms with van der Waals surface area (Å²) in [5.74, 6) is -5.33. The first kappa shape index (κ1) is 29.5. The number of nitrogens with one attached hydrogen (secondary N) is 2. The maximum absolute atomic E-state index is 14.9. The summed E-state index contributed by atoms with van der Waals surface area (Å²) >= 11 is 0. The second-order valence-electron chi connectivity index (χ2n) is 8.10. The number of halogens is 6. The van der Waals surface area contributed by atoms with Crippen LogP contribution in [0.25, 0.3) is 0 Å². The molecular formula is C22H20F6N4O6S. The lowest BCUT2D eigenvalue weighted by molar-refractivity contribution is -0.274. The topological polar surface area (TPSA) is 125 Å². The number of carbonyl (C=O) groups is 3. The summed E-state index contributed by atoms with van der Waals surface area (Å²) in [4.78, 5) is 38.3. The highest BCUT2D eigenvalue weighted by molar-refractivity contribution is 7.91. The number of sulfone groups is 1. The standard InChI is InChI=1S/C22H20F6N4O6S/c23-17-10-13(19(33)29-30-20(34)18(24)25)4-5-14(17)12-32(21(35)31-6-8-39(36,37)9-7-31)15-2-1-3-16(11-15)38-22(26,27)28/h1-5,10-11,18H,6-9,12H2,(H,29,33)(H,30,34). The van der Waals surface area contributed by atoms with E-state index in [4.69, 9.17) is 0 Å². The number of urea groups is 1. The van der Waals surface area contributed by atoms with Crippen molar-refractivity contribution in [2.45, 2.75) is 19.3 Å². The van der Waals surface area contributed by atoms with Crippen molar-refractivity contribution in [1.82, 2.24) is 15.8 Å². The van der Waals surface area contributed by atoms with E-state index in [0.29, 0.717) is 6.07 Å². The monoisotopic (exact) mass is 582 g/mol. The Morgan fingerprint density at radius 2 is 1.69 bits per heavy atom. The van der Waals surface area contributed by atoms with Crippen LogP contribution >= 0.6 is 0 Å². The first-order valence-corrected chi connectivity index (χ1v) is 12.8. The van der Waals surface area contributed by atoms with E-state index in [-0.39, 0.29) is 41.4 Å². The summed E-state index contributed by atoms with van der Waals surface area (Å²) in [6.45, 7) is -0.974. The van der Waals surface area contributed by atoms with Crippen molar-refractivity contribution in [2.24, 2.45) is 0 Å². The third-order valence-corrected chi connectivity index (χ3v) is 6.96. The van der Waals surface area contributed by atoms with Crippen molar-refractivity contribution in [3.8, 4) is 5.75 Å². The molecule has 10 nitrogen and oxygen atoms in total. The number of alkyl halides is 5. The molecular weight excluding hydrogens is 562 g/mol. The van der Waals surface area contributed by atoms with Gasteiger partial charge in [-0.05, 0) is 24.3 Å². The Hall–Kier alpha value is -4.02. The van der Waals surface area contributed by atoms with Crippen molar-refractivity contribution in [1.29, 1.82) is 0 Å². The zero-order valence-corrected chi connectivity index (χ0v) is 20.5. The smallest absolute Gasteiger partial charge is 0.406 e. The molecule has 1 aliphatic heterocycles. The SMILES string of the molecule is O=C(NNC(=O)C(F)F)c1ccc(CN(C(=O)N2CCS(=O)(=O)CC2)c2cccc(OC(F)(F)F)c2)c(F)c1. The lowest BCUT2D eigenvalue weighted by Crippen LogP contribution is -2.49.